The maximum atomic E-state index is 11.3. The lowest BCUT2D eigenvalue weighted by Gasteiger charge is -2.04. The fraction of sp³-hybridized carbons (Fsp3) is 0.667. The number of aryl methyl sites for hydroxylation is 1. The highest BCUT2D eigenvalue weighted by molar-refractivity contribution is 7.11. The fourth-order valence-corrected chi connectivity index (χ4v) is 2.19. The van der Waals surface area contributed by atoms with E-state index < -0.39 is 0 Å². The number of rotatable bonds is 8. The first-order chi connectivity index (χ1) is 8.26. The van der Waals surface area contributed by atoms with E-state index in [4.69, 9.17) is 0 Å². The average Bonchev–Trinajstić information content (AvgIpc) is 2.80. The van der Waals surface area contributed by atoms with E-state index in [1.807, 2.05) is 13.1 Å². The van der Waals surface area contributed by atoms with Crippen LogP contribution < -0.4 is 10.6 Å². The van der Waals surface area contributed by atoms with Gasteiger partial charge in [0.25, 0.3) is 0 Å². The first-order valence-corrected chi connectivity index (χ1v) is 6.98. The molecule has 4 nitrogen and oxygen atoms in total. The molecule has 0 radical (unpaired) electrons. The van der Waals surface area contributed by atoms with Crippen LogP contribution in [-0.4, -0.2) is 24.0 Å². The summed E-state index contributed by atoms with van der Waals surface area (Å²) in [5.74, 6) is 0.123. The Morgan fingerprint density at radius 2 is 2.24 bits per heavy atom. The molecule has 96 valence electrons. The molecule has 0 saturated carbocycles. The summed E-state index contributed by atoms with van der Waals surface area (Å²) in [5, 5.41) is 7.28. The molecule has 0 aliphatic heterocycles. The number of hydrogen-bond donors (Lipinski definition) is 2. The molecule has 0 unspecified atom stereocenters. The van der Waals surface area contributed by atoms with Gasteiger partial charge < -0.3 is 10.6 Å². The third kappa shape index (κ3) is 5.79. The summed E-state index contributed by atoms with van der Waals surface area (Å²) in [6.45, 7) is 6.45. The van der Waals surface area contributed by atoms with Gasteiger partial charge in [0.05, 0.1) is 5.01 Å². The van der Waals surface area contributed by atoms with Crippen molar-refractivity contribution in [2.24, 2.45) is 0 Å². The fourth-order valence-electron chi connectivity index (χ4n) is 1.36. The van der Waals surface area contributed by atoms with Gasteiger partial charge in [-0.15, -0.1) is 11.3 Å². The van der Waals surface area contributed by atoms with Gasteiger partial charge >= 0.3 is 0 Å². The van der Waals surface area contributed by atoms with Crippen LogP contribution >= 0.6 is 11.3 Å². The van der Waals surface area contributed by atoms with Crippen LogP contribution in [0, 0.1) is 0 Å². The van der Waals surface area contributed by atoms with Gasteiger partial charge in [-0.1, -0.05) is 13.8 Å². The molecule has 0 spiro atoms. The molecule has 0 saturated heterocycles. The van der Waals surface area contributed by atoms with Crippen LogP contribution in [0.25, 0.3) is 0 Å². The molecule has 1 aromatic heterocycles. The Morgan fingerprint density at radius 1 is 1.41 bits per heavy atom. The lowest BCUT2D eigenvalue weighted by Crippen LogP contribution is -2.27. The number of carbonyl (C=O) groups excluding carboxylic acids is 1. The number of hydrogen-bond acceptors (Lipinski definition) is 4. The Bertz CT molecular complexity index is 338. The molecule has 0 bridgehead atoms. The van der Waals surface area contributed by atoms with E-state index in [-0.39, 0.29) is 5.91 Å². The van der Waals surface area contributed by atoms with E-state index in [0.717, 1.165) is 32.5 Å². The number of nitrogens with zero attached hydrogens (tertiary/aromatic N) is 1. The summed E-state index contributed by atoms with van der Waals surface area (Å²) in [6.07, 6.45) is 4.43. The Balaban J connectivity index is 2.09. The molecular weight excluding hydrogens is 234 g/mol. The summed E-state index contributed by atoms with van der Waals surface area (Å²) < 4.78 is 0. The highest BCUT2D eigenvalue weighted by atomic mass is 32.1. The van der Waals surface area contributed by atoms with E-state index in [1.165, 1.54) is 9.88 Å². The van der Waals surface area contributed by atoms with Crippen molar-refractivity contribution >= 4 is 17.2 Å². The first kappa shape index (κ1) is 14.1. The van der Waals surface area contributed by atoms with Crippen LogP contribution in [0.2, 0.25) is 0 Å². The second kappa shape index (κ2) is 8.20. The van der Waals surface area contributed by atoms with Gasteiger partial charge in [0.1, 0.15) is 0 Å². The van der Waals surface area contributed by atoms with Gasteiger partial charge in [0.15, 0.2) is 0 Å². The largest absolute Gasteiger partial charge is 0.356 e. The predicted molar refractivity (Wildman–Crippen MR) is 71.1 cm³/mol. The molecule has 0 aliphatic rings. The zero-order chi connectivity index (χ0) is 12.5. The van der Waals surface area contributed by atoms with Crippen LogP contribution in [0.15, 0.2) is 6.20 Å². The Kier molecular flexibility index (Phi) is 6.81. The smallest absolute Gasteiger partial charge is 0.221 e. The Hall–Kier alpha value is -0.940. The van der Waals surface area contributed by atoms with Crippen molar-refractivity contribution in [1.29, 1.82) is 0 Å². The molecule has 1 rings (SSSR count). The van der Waals surface area contributed by atoms with Crippen LogP contribution in [0.3, 0.4) is 0 Å². The quantitative estimate of drug-likeness (QED) is 0.695. The van der Waals surface area contributed by atoms with E-state index in [2.05, 4.69) is 22.5 Å². The summed E-state index contributed by atoms with van der Waals surface area (Å²) in [5.41, 5.74) is 0. The number of thiazole rings is 1. The van der Waals surface area contributed by atoms with Crippen molar-refractivity contribution < 1.29 is 4.79 Å². The second-order valence-corrected chi connectivity index (χ2v) is 5.05. The predicted octanol–water partition coefficient (Wildman–Crippen LogP) is 1.71. The normalized spacial score (nSPS) is 10.5. The van der Waals surface area contributed by atoms with Crippen molar-refractivity contribution in [3.63, 3.8) is 0 Å². The van der Waals surface area contributed by atoms with E-state index in [9.17, 15) is 4.79 Å². The molecular formula is C12H21N3OS. The number of nitrogens with one attached hydrogen (secondary N) is 2. The molecule has 0 atom stereocenters. The molecule has 1 heterocycles. The molecule has 0 fully saturated rings. The highest BCUT2D eigenvalue weighted by Gasteiger charge is 2.01. The van der Waals surface area contributed by atoms with Crippen molar-refractivity contribution in [2.45, 2.75) is 39.7 Å². The van der Waals surface area contributed by atoms with Crippen molar-refractivity contribution in [2.75, 3.05) is 13.1 Å². The maximum Gasteiger partial charge on any atom is 0.221 e. The van der Waals surface area contributed by atoms with Crippen LogP contribution in [-0.2, 0) is 17.8 Å². The molecule has 5 heteroatoms. The lowest BCUT2D eigenvalue weighted by molar-refractivity contribution is -0.120. The van der Waals surface area contributed by atoms with Crippen LogP contribution in [0.4, 0.5) is 0 Å². The summed E-state index contributed by atoms with van der Waals surface area (Å²) in [7, 11) is 0. The maximum absolute atomic E-state index is 11.3. The van der Waals surface area contributed by atoms with Gasteiger partial charge in [0, 0.05) is 37.1 Å². The topological polar surface area (TPSA) is 54.0 Å². The zero-order valence-corrected chi connectivity index (χ0v) is 11.4. The molecule has 0 aromatic carbocycles. The summed E-state index contributed by atoms with van der Waals surface area (Å²) in [4.78, 5) is 16.8. The Morgan fingerprint density at radius 3 is 2.88 bits per heavy atom. The molecule has 17 heavy (non-hydrogen) atoms. The van der Waals surface area contributed by atoms with E-state index in [0.29, 0.717) is 6.42 Å². The van der Waals surface area contributed by atoms with Crippen LogP contribution in [0.5, 0.6) is 0 Å². The highest BCUT2D eigenvalue weighted by Crippen LogP contribution is 2.12. The van der Waals surface area contributed by atoms with Gasteiger partial charge in [-0.25, -0.2) is 4.98 Å². The van der Waals surface area contributed by atoms with Crippen molar-refractivity contribution in [1.82, 2.24) is 15.6 Å². The summed E-state index contributed by atoms with van der Waals surface area (Å²) >= 11 is 1.73. The standard InChI is InChI=1S/C12H21N3OS/c1-3-6-14-11(16)5-7-13-8-10-9-15-12(4-2)17-10/h9,13H,3-8H2,1-2H3,(H,14,16). The molecule has 1 amide bonds. The minimum atomic E-state index is 0.123. The zero-order valence-electron chi connectivity index (χ0n) is 10.6. The van der Waals surface area contributed by atoms with E-state index >= 15 is 0 Å². The minimum Gasteiger partial charge on any atom is -0.356 e. The molecule has 2 N–H and O–H groups in total. The lowest BCUT2D eigenvalue weighted by atomic mass is 10.3. The third-order valence-electron chi connectivity index (χ3n) is 2.30. The van der Waals surface area contributed by atoms with E-state index in [1.54, 1.807) is 11.3 Å². The second-order valence-electron chi connectivity index (χ2n) is 3.85. The van der Waals surface area contributed by atoms with Crippen molar-refractivity contribution in [3.05, 3.63) is 16.1 Å². The van der Waals surface area contributed by atoms with Gasteiger partial charge in [0.2, 0.25) is 5.91 Å². The molecule has 0 aliphatic carbocycles. The van der Waals surface area contributed by atoms with Crippen molar-refractivity contribution in [3.8, 4) is 0 Å². The number of aromatic nitrogens is 1. The monoisotopic (exact) mass is 255 g/mol. The SMILES string of the molecule is CCCNC(=O)CCNCc1cnc(CC)s1. The number of carbonyl (C=O) groups is 1. The first-order valence-electron chi connectivity index (χ1n) is 6.17. The minimum absolute atomic E-state index is 0.123. The average molecular weight is 255 g/mol. The van der Waals surface area contributed by atoms with Gasteiger partial charge in [-0.3, -0.25) is 4.79 Å². The van der Waals surface area contributed by atoms with Gasteiger partial charge in [-0.2, -0.15) is 0 Å². The van der Waals surface area contributed by atoms with Crippen LogP contribution in [0.1, 0.15) is 36.6 Å². The Labute approximate surface area is 107 Å². The van der Waals surface area contributed by atoms with Gasteiger partial charge in [-0.05, 0) is 12.8 Å². The molecule has 1 aromatic rings. The third-order valence-corrected chi connectivity index (χ3v) is 3.45. The summed E-state index contributed by atoms with van der Waals surface area (Å²) in [6, 6.07) is 0. The number of amides is 1.